The lowest BCUT2D eigenvalue weighted by molar-refractivity contribution is 0.238. The first-order valence-electron chi connectivity index (χ1n) is 8.07. The number of aromatic nitrogens is 2. The molecule has 0 saturated carbocycles. The maximum Gasteiger partial charge on any atom is 0.255 e. The molecule has 0 aliphatic carbocycles. The average molecular weight is 313 g/mol. The molecule has 2 aromatic rings. The van der Waals surface area contributed by atoms with Crippen LogP contribution in [0, 0.1) is 6.92 Å². The standard InChI is InChI=1S/C18H23N3O2/c1-11(2)17-19-15-6-7-21(10-14(15)18(23)20-17)9-13-8-12(3)4-5-16(13)22/h4-5,8,11,22H,6-7,9-10H2,1-3H3,(H,19,20,23). The zero-order valence-electron chi connectivity index (χ0n) is 13.9. The van der Waals surface area contributed by atoms with Gasteiger partial charge in [-0.15, -0.1) is 0 Å². The molecular formula is C18H23N3O2. The number of aryl methyl sites for hydroxylation is 1. The lowest BCUT2D eigenvalue weighted by Gasteiger charge is -2.28. The first-order valence-corrected chi connectivity index (χ1v) is 8.07. The molecule has 2 heterocycles. The first kappa shape index (κ1) is 15.7. The van der Waals surface area contributed by atoms with E-state index in [1.807, 2.05) is 32.9 Å². The molecule has 1 aromatic carbocycles. The Morgan fingerprint density at radius 3 is 2.91 bits per heavy atom. The van der Waals surface area contributed by atoms with Gasteiger partial charge in [-0.05, 0) is 13.0 Å². The third-order valence-electron chi connectivity index (χ3n) is 4.34. The van der Waals surface area contributed by atoms with Crippen molar-refractivity contribution < 1.29 is 5.11 Å². The normalized spacial score (nSPS) is 15.0. The predicted molar refractivity (Wildman–Crippen MR) is 89.6 cm³/mol. The van der Waals surface area contributed by atoms with Crippen LogP contribution in [0.15, 0.2) is 23.0 Å². The SMILES string of the molecule is Cc1ccc(O)c(CN2CCc3nc(C(C)C)[nH]c(=O)c3C2)c1. The molecule has 23 heavy (non-hydrogen) atoms. The Morgan fingerprint density at radius 1 is 1.39 bits per heavy atom. The van der Waals surface area contributed by atoms with Crippen LogP contribution < -0.4 is 5.56 Å². The number of aromatic hydroxyl groups is 1. The third kappa shape index (κ3) is 3.29. The van der Waals surface area contributed by atoms with Gasteiger partial charge in [0.05, 0.1) is 11.3 Å². The second-order valence-electron chi connectivity index (χ2n) is 6.62. The topological polar surface area (TPSA) is 69.2 Å². The van der Waals surface area contributed by atoms with Crippen molar-refractivity contribution in [3.63, 3.8) is 0 Å². The van der Waals surface area contributed by atoms with E-state index in [-0.39, 0.29) is 11.5 Å². The molecule has 5 nitrogen and oxygen atoms in total. The molecule has 1 aliphatic heterocycles. The minimum atomic E-state index is -0.0307. The van der Waals surface area contributed by atoms with Gasteiger partial charge in [0.15, 0.2) is 0 Å². The summed E-state index contributed by atoms with van der Waals surface area (Å²) in [6.07, 6.45) is 0.769. The summed E-state index contributed by atoms with van der Waals surface area (Å²) in [5.74, 6) is 1.29. The van der Waals surface area contributed by atoms with Gasteiger partial charge in [0.2, 0.25) is 0 Å². The molecule has 0 amide bonds. The number of H-pyrrole nitrogens is 1. The van der Waals surface area contributed by atoms with E-state index in [9.17, 15) is 9.90 Å². The Kier molecular flexibility index (Phi) is 4.22. The number of hydrogen-bond donors (Lipinski definition) is 2. The van der Waals surface area contributed by atoms with Gasteiger partial charge < -0.3 is 10.1 Å². The van der Waals surface area contributed by atoms with E-state index < -0.39 is 0 Å². The molecule has 2 N–H and O–H groups in total. The average Bonchev–Trinajstić information content (AvgIpc) is 2.51. The smallest absolute Gasteiger partial charge is 0.255 e. The fourth-order valence-electron chi connectivity index (χ4n) is 2.99. The fraction of sp³-hybridized carbons (Fsp3) is 0.444. The van der Waals surface area contributed by atoms with Crippen LogP contribution in [-0.2, 0) is 19.5 Å². The molecule has 3 rings (SSSR count). The fourth-order valence-corrected chi connectivity index (χ4v) is 2.99. The Labute approximate surface area is 136 Å². The van der Waals surface area contributed by atoms with Crippen molar-refractivity contribution in [1.29, 1.82) is 0 Å². The van der Waals surface area contributed by atoms with Gasteiger partial charge in [-0.3, -0.25) is 9.69 Å². The summed E-state index contributed by atoms with van der Waals surface area (Å²) in [5, 5.41) is 10.0. The Morgan fingerprint density at radius 2 is 2.17 bits per heavy atom. The van der Waals surface area contributed by atoms with Crippen LogP contribution in [0.4, 0.5) is 0 Å². The highest BCUT2D eigenvalue weighted by molar-refractivity contribution is 5.35. The van der Waals surface area contributed by atoms with Crippen molar-refractivity contribution >= 4 is 0 Å². The molecule has 1 aromatic heterocycles. The summed E-state index contributed by atoms with van der Waals surface area (Å²) in [4.78, 5) is 22.0. The van der Waals surface area contributed by atoms with Crippen LogP contribution in [0.3, 0.4) is 0 Å². The molecule has 0 radical (unpaired) electrons. The minimum Gasteiger partial charge on any atom is -0.508 e. The van der Waals surface area contributed by atoms with E-state index in [1.165, 1.54) is 0 Å². The quantitative estimate of drug-likeness (QED) is 0.913. The van der Waals surface area contributed by atoms with E-state index >= 15 is 0 Å². The van der Waals surface area contributed by atoms with Gasteiger partial charge >= 0.3 is 0 Å². The van der Waals surface area contributed by atoms with E-state index in [4.69, 9.17) is 0 Å². The first-order chi connectivity index (χ1) is 10.9. The molecule has 122 valence electrons. The minimum absolute atomic E-state index is 0.0307. The predicted octanol–water partition coefficient (Wildman–Crippen LogP) is 2.47. The lowest BCUT2D eigenvalue weighted by atomic mass is 10.0. The van der Waals surface area contributed by atoms with Gasteiger partial charge in [0, 0.05) is 37.5 Å². The number of hydrogen-bond acceptors (Lipinski definition) is 4. The van der Waals surface area contributed by atoms with Crippen molar-refractivity contribution in [1.82, 2.24) is 14.9 Å². The molecule has 0 atom stereocenters. The van der Waals surface area contributed by atoms with Crippen molar-refractivity contribution in [2.75, 3.05) is 6.54 Å². The Hall–Kier alpha value is -2.14. The second-order valence-corrected chi connectivity index (χ2v) is 6.62. The van der Waals surface area contributed by atoms with Crippen LogP contribution in [0.5, 0.6) is 5.75 Å². The van der Waals surface area contributed by atoms with Crippen molar-refractivity contribution in [2.45, 2.75) is 46.2 Å². The largest absolute Gasteiger partial charge is 0.508 e. The third-order valence-corrected chi connectivity index (χ3v) is 4.34. The highest BCUT2D eigenvalue weighted by atomic mass is 16.3. The summed E-state index contributed by atoms with van der Waals surface area (Å²) in [6.45, 7) is 8.12. The zero-order valence-corrected chi connectivity index (χ0v) is 13.9. The van der Waals surface area contributed by atoms with Gasteiger partial charge in [-0.1, -0.05) is 31.5 Å². The van der Waals surface area contributed by atoms with Crippen LogP contribution in [0.1, 0.15) is 48.0 Å². The van der Waals surface area contributed by atoms with Gasteiger partial charge in [-0.2, -0.15) is 0 Å². The number of nitrogens with one attached hydrogen (secondary N) is 1. The number of aromatic amines is 1. The summed E-state index contributed by atoms with van der Waals surface area (Å²) in [6, 6.07) is 5.62. The summed E-state index contributed by atoms with van der Waals surface area (Å²) >= 11 is 0. The van der Waals surface area contributed by atoms with Gasteiger partial charge in [0.1, 0.15) is 11.6 Å². The Bertz CT molecular complexity index is 780. The number of phenolic OH excluding ortho intramolecular Hbond substituents is 1. The number of rotatable bonds is 3. The van der Waals surface area contributed by atoms with E-state index in [0.29, 0.717) is 18.8 Å². The maximum absolute atomic E-state index is 12.3. The van der Waals surface area contributed by atoms with Crippen molar-refractivity contribution in [3.05, 3.63) is 56.8 Å². The number of fused-ring (bicyclic) bond motifs is 1. The van der Waals surface area contributed by atoms with E-state index in [1.54, 1.807) is 6.07 Å². The van der Waals surface area contributed by atoms with Crippen LogP contribution in [-0.4, -0.2) is 26.5 Å². The summed E-state index contributed by atoms with van der Waals surface area (Å²) < 4.78 is 0. The molecule has 0 unspecified atom stereocenters. The summed E-state index contributed by atoms with van der Waals surface area (Å²) in [5.41, 5.74) is 3.67. The van der Waals surface area contributed by atoms with Crippen LogP contribution in [0.2, 0.25) is 0 Å². The maximum atomic E-state index is 12.3. The number of nitrogens with zero attached hydrogens (tertiary/aromatic N) is 2. The second kappa shape index (κ2) is 6.16. The van der Waals surface area contributed by atoms with E-state index in [0.717, 1.165) is 41.2 Å². The van der Waals surface area contributed by atoms with Crippen molar-refractivity contribution in [2.24, 2.45) is 0 Å². The number of benzene rings is 1. The van der Waals surface area contributed by atoms with E-state index in [2.05, 4.69) is 14.9 Å². The Balaban J connectivity index is 1.83. The molecule has 0 bridgehead atoms. The molecular weight excluding hydrogens is 290 g/mol. The molecule has 1 aliphatic rings. The summed E-state index contributed by atoms with van der Waals surface area (Å²) in [7, 11) is 0. The molecule has 5 heteroatoms. The monoisotopic (exact) mass is 313 g/mol. The lowest BCUT2D eigenvalue weighted by Crippen LogP contribution is -2.36. The zero-order chi connectivity index (χ0) is 16.6. The highest BCUT2D eigenvalue weighted by Gasteiger charge is 2.22. The number of phenols is 1. The van der Waals surface area contributed by atoms with Crippen LogP contribution in [0.25, 0.3) is 0 Å². The van der Waals surface area contributed by atoms with Gasteiger partial charge in [-0.25, -0.2) is 4.98 Å². The highest BCUT2D eigenvalue weighted by Crippen LogP contribution is 2.23. The van der Waals surface area contributed by atoms with Crippen molar-refractivity contribution in [3.8, 4) is 5.75 Å². The molecule has 0 saturated heterocycles. The molecule has 0 spiro atoms. The molecule has 0 fully saturated rings. The van der Waals surface area contributed by atoms with Gasteiger partial charge in [0.25, 0.3) is 5.56 Å². The van der Waals surface area contributed by atoms with Crippen LogP contribution >= 0.6 is 0 Å².